The lowest BCUT2D eigenvalue weighted by Gasteiger charge is -2.47. The minimum absolute atomic E-state index is 0.0303. The lowest BCUT2D eigenvalue weighted by atomic mass is 9.73. The van der Waals surface area contributed by atoms with Crippen molar-refractivity contribution in [3.63, 3.8) is 0 Å². The summed E-state index contributed by atoms with van der Waals surface area (Å²) in [5.41, 5.74) is 0.408. The van der Waals surface area contributed by atoms with Crippen LogP contribution >= 0.6 is 0 Å². The van der Waals surface area contributed by atoms with Crippen molar-refractivity contribution >= 4 is 0 Å². The van der Waals surface area contributed by atoms with E-state index < -0.39 is 0 Å². The van der Waals surface area contributed by atoms with Crippen molar-refractivity contribution in [1.82, 2.24) is 10.2 Å². The molecular weight excluding hydrogens is 248 g/mol. The average Bonchev–Trinajstić information content (AvgIpc) is 2.36. The van der Waals surface area contributed by atoms with Gasteiger partial charge in [-0.25, -0.2) is 0 Å². The van der Waals surface area contributed by atoms with Crippen LogP contribution < -0.4 is 5.32 Å². The highest BCUT2D eigenvalue weighted by Gasteiger charge is 2.41. The van der Waals surface area contributed by atoms with Crippen LogP contribution in [0.5, 0.6) is 0 Å². The van der Waals surface area contributed by atoms with Gasteiger partial charge in [0.1, 0.15) is 0 Å². The molecular formula is C17H34N2O. The number of hydrogen-bond donors (Lipinski definition) is 1. The quantitative estimate of drug-likeness (QED) is 0.839. The highest BCUT2D eigenvalue weighted by Crippen LogP contribution is 2.39. The second-order valence-electron chi connectivity index (χ2n) is 7.99. The van der Waals surface area contributed by atoms with E-state index in [1.165, 1.54) is 45.1 Å². The molecule has 1 N–H and O–H groups in total. The van der Waals surface area contributed by atoms with Crippen molar-refractivity contribution in [1.29, 1.82) is 0 Å². The first-order valence-corrected chi connectivity index (χ1v) is 8.43. The largest absolute Gasteiger partial charge is 0.376 e. The molecule has 0 unspecified atom stereocenters. The predicted octanol–water partition coefficient (Wildman–Crippen LogP) is 3.05. The Labute approximate surface area is 125 Å². The highest BCUT2D eigenvalue weighted by molar-refractivity contribution is 4.94. The fraction of sp³-hybridized carbons (Fsp3) is 1.00. The van der Waals surface area contributed by atoms with Crippen LogP contribution in [0.3, 0.4) is 0 Å². The minimum atomic E-state index is 0.0303. The Morgan fingerprint density at radius 1 is 1.15 bits per heavy atom. The van der Waals surface area contributed by atoms with E-state index in [4.69, 9.17) is 4.74 Å². The van der Waals surface area contributed by atoms with E-state index in [9.17, 15) is 0 Å². The van der Waals surface area contributed by atoms with Crippen LogP contribution in [-0.2, 0) is 4.74 Å². The zero-order valence-electron chi connectivity index (χ0n) is 14.0. The van der Waals surface area contributed by atoms with Gasteiger partial charge in [0, 0.05) is 31.2 Å². The maximum Gasteiger partial charge on any atom is 0.0632 e. The fourth-order valence-corrected chi connectivity index (χ4v) is 4.27. The molecule has 0 aromatic rings. The van der Waals surface area contributed by atoms with E-state index in [2.05, 4.69) is 38.2 Å². The molecule has 0 aromatic heterocycles. The molecule has 2 fully saturated rings. The van der Waals surface area contributed by atoms with Crippen LogP contribution in [0, 0.1) is 5.41 Å². The first-order valence-electron chi connectivity index (χ1n) is 8.43. The zero-order valence-corrected chi connectivity index (χ0v) is 14.0. The van der Waals surface area contributed by atoms with Crippen LogP contribution in [0.25, 0.3) is 0 Å². The van der Waals surface area contributed by atoms with Crippen molar-refractivity contribution in [2.24, 2.45) is 5.41 Å². The molecule has 1 aliphatic carbocycles. The summed E-state index contributed by atoms with van der Waals surface area (Å²) in [6.45, 7) is 7.73. The standard InChI is InChI=1S/C17H34N2O/c1-16(2)12-17(10-11-20-16,14-19(3)4)13-18-15-8-6-5-7-9-15/h15,18H,5-14H2,1-4H3/t17-/m0/s1. The van der Waals surface area contributed by atoms with Crippen molar-refractivity contribution < 1.29 is 4.74 Å². The molecule has 2 rings (SSSR count). The molecule has 3 nitrogen and oxygen atoms in total. The van der Waals surface area contributed by atoms with Crippen LogP contribution in [0.1, 0.15) is 58.8 Å². The van der Waals surface area contributed by atoms with Crippen molar-refractivity contribution in [2.45, 2.75) is 70.4 Å². The van der Waals surface area contributed by atoms with Crippen molar-refractivity contribution in [3.8, 4) is 0 Å². The third-order valence-electron chi connectivity index (χ3n) is 4.95. The van der Waals surface area contributed by atoms with E-state index in [0.717, 1.165) is 25.6 Å². The topological polar surface area (TPSA) is 24.5 Å². The molecule has 1 aliphatic heterocycles. The maximum absolute atomic E-state index is 5.95. The summed E-state index contributed by atoms with van der Waals surface area (Å²) in [5, 5.41) is 3.89. The Bertz CT molecular complexity index is 297. The summed E-state index contributed by atoms with van der Waals surface area (Å²) in [4.78, 5) is 2.35. The summed E-state index contributed by atoms with van der Waals surface area (Å²) >= 11 is 0. The van der Waals surface area contributed by atoms with Gasteiger partial charge < -0.3 is 15.0 Å². The van der Waals surface area contributed by atoms with Crippen LogP contribution in [0.4, 0.5) is 0 Å². The fourth-order valence-electron chi connectivity index (χ4n) is 4.27. The summed E-state index contributed by atoms with van der Waals surface area (Å²) in [5.74, 6) is 0. The van der Waals surface area contributed by atoms with E-state index in [-0.39, 0.29) is 5.60 Å². The Kier molecular flexibility index (Phi) is 5.49. The van der Waals surface area contributed by atoms with E-state index in [1.807, 2.05) is 0 Å². The summed E-state index contributed by atoms with van der Waals surface area (Å²) < 4.78 is 5.95. The summed E-state index contributed by atoms with van der Waals surface area (Å²) in [6, 6.07) is 0.758. The smallest absolute Gasteiger partial charge is 0.0632 e. The molecule has 2 aliphatic rings. The van der Waals surface area contributed by atoms with Crippen molar-refractivity contribution in [2.75, 3.05) is 33.8 Å². The molecule has 1 saturated carbocycles. The Hall–Kier alpha value is -0.120. The summed E-state index contributed by atoms with van der Waals surface area (Å²) in [7, 11) is 4.40. The number of hydrogen-bond acceptors (Lipinski definition) is 3. The number of nitrogens with one attached hydrogen (secondary N) is 1. The molecule has 0 aromatic carbocycles. The van der Waals surface area contributed by atoms with Gasteiger partial charge in [-0.3, -0.25) is 0 Å². The minimum Gasteiger partial charge on any atom is -0.376 e. The first-order chi connectivity index (χ1) is 9.41. The van der Waals surface area contributed by atoms with Crippen LogP contribution in [0.2, 0.25) is 0 Å². The normalized spacial score (nSPS) is 31.6. The first kappa shape index (κ1) is 16.3. The lowest BCUT2D eigenvalue weighted by molar-refractivity contribution is -0.109. The maximum atomic E-state index is 5.95. The molecule has 0 amide bonds. The Morgan fingerprint density at radius 3 is 2.45 bits per heavy atom. The van der Waals surface area contributed by atoms with Crippen LogP contribution in [-0.4, -0.2) is 50.3 Å². The van der Waals surface area contributed by atoms with E-state index in [0.29, 0.717) is 5.41 Å². The SMILES string of the molecule is CN(C)C[C@@]1(CNC2CCCCC2)CCOC(C)(C)C1. The second-order valence-corrected chi connectivity index (χ2v) is 7.99. The third kappa shape index (κ3) is 4.71. The molecule has 0 radical (unpaired) electrons. The van der Waals surface area contributed by atoms with Gasteiger partial charge in [-0.1, -0.05) is 19.3 Å². The average molecular weight is 282 g/mol. The van der Waals surface area contributed by atoms with Gasteiger partial charge in [0.05, 0.1) is 5.60 Å². The molecule has 1 atom stereocenters. The second kappa shape index (κ2) is 6.76. The zero-order chi connectivity index (χ0) is 14.6. The molecule has 20 heavy (non-hydrogen) atoms. The van der Waals surface area contributed by atoms with Gasteiger partial charge in [-0.2, -0.15) is 0 Å². The third-order valence-corrected chi connectivity index (χ3v) is 4.95. The van der Waals surface area contributed by atoms with Gasteiger partial charge in [0.2, 0.25) is 0 Å². The van der Waals surface area contributed by atoms with Gasteiger partial charge in [-0.05, 0) is 53.6 Å². The van der Waals surface area contributed by atoms with Gasteiger partial charge >= 0.3 is 0 Å². The Morgan fingerprint density at radius 2 is 1.85 bits per heavy atom. The number of nitrogens with zero attached hydrogens (tertiary/aromatic N) is 1. The molecule has 0 bridgehead atoms. The van der Waals surface area contributed by atoms with E-state index >= 15 is 0 Å². The molecule has 118 valence electrons. The van der Waals surface area contributed by atoms with Gasteiger partial charge in [0.15, 0.2) is 0 Å². The van der Waals surface area contributed by atoms with E-state index in [1.54, 1.807) is 0 Å². The van der Waals surface area contributed by atoms with Crippen molar-refractivity contribution in [3.05, 3.63) is 0 Å². The van der Waals surface area contributed by atoms with Gasteiger partial charge in [0.25, 0.3) is 0 Å². The lowest BCUT2D eigenvalue weighted by Crippen LogP contribution is -2.52. The number of rotatable bonds is 5. The van der Waals surface area contributed by atoms with Crippen LogP contribution in [0.15, 0.2) is 0 Å². The number of ether oxygens (including phenoxy) is 1. The molecule has 0 spiro atoms. The Balaban J connectivity index is 1.95. The highest BCUT2D eigenvalue weighted by atomic mass is 16.5. The predicted molar refractivity (Wildman–Crippen MR) is 85.1 cm³/mol. The molecule has 1 saturated heterocycles. The summed E-state index contributed by atoms with van der Waals surface area (Å²) in [6.07, 6.45) is 9.35. The molecule has 3 heteroatoms. The monoisotopic (exact) mass is 282 g/mol. The molecule has 1 heterocycles. The van der Waals surface area contributed by atoms with Gasteiger partial charge in [-0.15, -0.1) is 0 Å².